The van der Waals surface area contributed by atoms with Gasteiger partial charge in [0.15, 0.2) is 0 Å². The van der Waals surface area contributed by atoms with Crippen LogP contribution in [0.4, 0.5) is 10.5 Å². The van der Waals surface area contributed by atoms with Gasteiger partial charge in [-0.05, 0) is 25.0 Å². The molecule has 0 radical (unpaired) electrons. The van der Waals surface area contributed by atoms with Crippen molar-refractivity contribution in [3.05, 3.63) is 29.8 Å². The first-order valence-electron chi connectivity index (χ1n) is 5.93. The van der Waals surface area contributed by atoms with Crippen molar-refractivity contribution < 1.29 is 25.0 Å². The SMILES string of the molecule is O.O=Cc1cccc(NC(=O)NCCCCC(=O)O)c1. The quantitative estimate of drug-likeness (QED) is 0.510. The van der Waals surface area contributed by atoms with Crippen molar-refractivity contribution in [2.24, 2.45) is 0 Å². The number of benzene rings is 1. The number of hydrogen-bond donors (Lipinski definition) is 3. The Balaban J connectivity index is 0.00000361. The molecule has 0 unspecified atom stereocenters. The van der Waals surface area contributed by atoms with Crippen molar-refractivity contribution in [1.82, 2.24) is 5.32 Å². The van der Waals surface area contributed by atoms with Gasteiger partial charge < -0.3 is 21.2 Å². The third kappa shape index (κ3) is 7.12. The highest BCUT2D eigenvalue weighted by Crippen LogP contribution is 2.08. The summed E-state index contributed by atoms with van der Waals surface area (Å²) < 4.78 is 0. The molecule has 0 aliphatic rings. The van der Waals surface area contributed by atoms with E-state index in [9.17, 15) is 14.4 Å². The fourth-order valence-corrected chi connectivity index (χ4v) is 1.47. The van der Waals surface area contributed by atoms with E-state index in [2.05, 4.69) is 10.6 Å². The summed E-state index contributed by atoms with van der Waals surface area (Å²) in [6, 6.07) is 6.18. The van der Waals surface area contributed by atoms with Crippen LogP contribution in [0.3, 0.4) is 0 Å². The van der Waals surface area contributed by atoms with Crippen LogP contribution in [0.5, 0.6) is 0 Å². The summed E-state index contributed by atoms with van der Waals surface area (Å²) in [5.41, 5.74) is 1.02. The Morgan fingerprint density at radius 3 is 2.65 bits per heavy atom. The number of hydrogen-bond acceptors (Lipinski definition) is 3. The standard InChI is InChI=1S/C13H16N2O4.H2O/c16-9-10-4-3-5-11(8-10)15-13(19)14-7-2-1-6-12(17)18;/h3-5,8-9H,1-2,6-7H2,(H,17,18)(H2,14,15,19);1H2. The van der Waals surface area contributed by atoms with Gasteiger partial charge in [0.05, 0.1) is 0 Å². The van der Waals surface area contributed by atoms with Crippen molar-refractivity contribution in [3.8, 4) is 0 Å². The van der Waals surface area contributed by atoms with Crippen LogP contribution in [0.25, 0.3) is 0 Å². The number of carboxylic acids is 1. The molecule has 0 saturated carbocycles. The molecule has 7 heteroatoms. The molecule has 0 aromatic heterocycles. The second-order valence-corrected chi connectivity index (χ2v) is 3.98. The molecule has 1 rings (SSSR count). The van der Waals surface area contributed by atoms with E-state index in [0.29, 0.717) is 36.9 Å². The molecule has 0 aliphatic carbocycles. The molecule has 0 heterocycles. The van der Waals surface area contributed by atoms with Crippen molar-refractivity contribution in [2.75, 3.05) is 11.9 Å². The second-order valence-electron chi connectivity index (χ2n) is 3.98. The number of unbranched alkanes of at least 4 members (excludes halogenated alkanes) is 1. The van der Waals surface area contributed by atoms with Gasteiger partial charge in [-0.25, -0.2) is 4.79 Å². The van der Waals surface area contributed by atoms with Gasteiger partial charge in [0.25, 0.3) is 0 Å². The van der Waals surface area contributed by atoms with Crippen molar-refractivity contribution in [1.29, 1.82) is 0 Å². The molecule has 0 atom stereocenters. The molecule has 5 N–H and O–H groups in total. The monoisotopic (exact) mass is 282 g/mol. The molecule has 1 aromatic carbocycles. The maximum atomic E-state index is 11.5. The number of carboxylic acid groups (broad SMARTS) is 1. The normalized spacial score (nSPS) is 9.20. The molecule has 0 bridgehead atoms. The van der Waals surface area contributed by atoms with E-state index in [-0.39, 0.29) is 17.9 Å². The number of nitrogens with one attached hydrogen (secondary N) is 2. The lowest BCUT2D eigenvalue weighted by molar-refractivity contribution is -0.137. The first-order valence-corrected chi connectivity index (χ1v) is 5.93. The maximum absolute atomic E-state index is 11.5. The van der Waals surface area contributed by atoms with Crippen LogP contribution in [-0.2, 0) is 4.79 Å². The highest BCUT2D eigenvalue weighted by molar-refractivity contribution is 5.90. The predicted molar refractivity (Wildman–Crippen MR) is 74.0 cm³/mol. The highest BCUT2D eigenvalue weighted by atomic mass is 16.4. The van der Waals surface area contributed by atoms with Gasteiger partial charge in [0, 0.05) is 24.2 Å². The van der Waals surface area contributed by atoms with Crippen LogP contribution in [0.1, 0.15) is 29.6 Å². The number of carbonyl (C=O) groups excluding carboxylic acids is 2. The molecule has 20 heavy (non-hydrogen) atoms. The molecule has 1 aromatic rings. The van der Waals surface area contributed by atoms with E-state index in [1.807, 2.05) is 0 Å². The van der Waals surface area contributed by atoms with Gasteiger partial charge in [-0.15, -0.1) is 0 Å². The van der Waals surface area contributed by atoms with E-state index in [1.165, 1.54) is 0 Å². The third-order valence-electron chi connectivity index (χ3n) is 2.38. The van der Waals surface area contributed by atoms with Crippen LogP contribution < -0.4 is 10.6 Å². The lowest BCUT2D eigenvalue weighted by atomic mass is 10.2. The minimum Gasteiger partial charge on any atom is -0.481 e. The molecule has 0 aliphatic heterocycles. The average Bonchev–Trinajstić information content (AvgIpc) is 2.38. The number of aldehydes is 1. The number of carbonyl (C=O) groups is 3. The van der Waals surface area contributed by atoms with Crippen LogP contribution in [0.15, 0.2) is 24.3 Å². The summed E-state index contributed by atoms with van der Waals surface area (Å²) in [4.78, 5) is 32.3. The Labute approximate surface area is 116 Å². The number of urea groups is 1. The van der Waals surface area contributed by atoms with Gasteiger partial charge in [-0.3, -0.25) is 9.59 Å². The Morgan fingerprint density at radius 2 is 2.00 bits per heavy atom. The topological polar surface area (TPSA) is 127 Å². The predicted octanol–water partition coefficient (Wildman–Crippen LogP) is 1.05. The van der Waals surface area contributed by atoms with E-state index >= 15 is 0 Å². The molecule has 2 amide bonds. The lowest BCUT2D eigenvalue weighted by Gasteiger charge is -2.07. The summed E-state index contributed by atoms with van der Waals surface area (Å²) in [5.74, 6) is -0.838. The number of anilines is 1. The van der Waals surface area contributed by atoms with Crippen LogP contribution >= 0.6 is 0 Å². The van der Waals surface area contributed by atoms with Gasteiger partial charge in [0.1, 0.15) is 6.29 Å². The molecule has 7 nitrogen and oxygen atoms in total. The smallest absolute Gasteiger partial charge is 0.319 e. The molecule has 0 fully saturated rings. The van der Waals surface area contributed by atoms with Gasteiger partial charge in [0.2, 0.25) is 0 Å². The largest absolute Gasteiger partial charge is 0.481 e. The summed E-state index contributed by atoms with van der Waals surface area (Å²) >= 11 is 0. The van der Waals surface area contributed by atoms with Crippen LogP contribution in [-0.4, -0.2) is 35.4 Å². The Morgan fingerprint density at radius 1 is 1.25 bits per heavy atom. The van der Waals surface area contributed by atoms with Crippen molar-refractivity contribution in [2.45, 2.75) is 19.3 Å². The minimum absolute atomic E-state index is 0. The highest BCUT2D eigenvalue weighted by Gasteiger charge is 2.02. The van der Waals surface area contributed by atoms with Crippen LogP contribution in [0, 0.1) is 0 Å². The van der Waals surface area contributed by atoms with E-state index in [0.717, 1.165) is 0 Å². The van der Waals surface area contributed by atoms with Gasteiger partial charge >= 0.3 is 12.0 Å². The van der Waals surface area contributed by atoms with Gasteiger partial charge in [-0.1, -0.05) is 12.1 Å². The first kappa shape index (κ1) is 17.6. The third-order valence-corrected chi connectivity index (χ3v) is 2.38. The zero-order chi connectivity index (χ0) is 14.1. The van der Waals surface area contributed by atoms with Crippen LogP contribution in [0.2, 0.25) is 0 Å². The van der Waals surface area contributed by atoms with E-state index in [4.69, 9.17) is 5.11 Å². The summed E-state index contributed by atoms with van der Waals surface area (Å²) in [5, 5.41) is 13.6. The summed E-state index contributed by atoms with van der Waals surface area (Å²) in [7, 11) is 0. The number of rotatable bonds is 7. The Hall–Kier alpha value is -2.41. The molecular formula is C13H18N2O5. The zero-order valence-corrected chi connectivity index (χ0v) is 10.9. The van der Waals surface area contributed by atoms with E-state index in [1.54, 1.807) is 24.3 Å². The lowest BCUT2D eigenvalue weighted by Crippen LogP contribution is -2.29. The van der Waals surface area contributed by atoms with Crippen molar-refractivity contribution >= 4 is 24.0 Å². The Bertz CT molecular complexity index is 462. The van der Waals surface area contributed by atoms with E-state index < -0.39 is 5.97 Å². The minimum atomic E-state index is -0.838. The molecule has 110 valence electrons. The number of aliphatic carboxylic acids is 1. The fourth-order valence-electron chi connectivity index (χ4n) is 1.47. The number of amides is 2. The fraction of sp³-hybridized carbons (Fsp3) is 0.308. The van der Waals surface area contributed by atoms with Gasteiger partial charge in [-0.2, -0.15) is 0 Å². The molecule has 0 spiro atoms. The second kappa shape index (κ2) is 9.51. The summed E-state index contributed by atoms with van der Waals surface area (Å²) in [6.45, 7) is 0.409. The first-order chi connectivity index (χ1) is 9.11. The summed E-state index contributed by atoms with van der Waals surface area (Å²) in [6.07, 6.45) is 1.93. The average molecular weight is 282 g/mol. The maximum Gasteiger partial charge on any atom is 0.319 e. The zero-order valence-electron chi connectivity index (χ0n) is 10.9. The van der Waals surface area contributed by atoms with Crippen molar-refractivity contribution in [3.63, 3.8) is 0 Å². The molecule has 0 saturated heterocycles. The molecular weight excluding hydrogens is 264 g/mol. The Kier molecular flexibility index (Phi) is 8.36.